The number of thiophene rings is 1. The van der Waals surface area contributed by atoms with Gasteiger partial charge in [0, 0.05) is 4.88 Å². The van der Waals surface area contributed by atoms with E-state index in [0.29, 0.717) is 5.56 Å². The van der Waals surface area contributed by atoms with E-state index in [1.54, 1.807) is 26.8 Å². The monoisotopic (exact) mass is 535 g/mol. The quantitative estimate of drug-likeness (QED) is 0.117. The number of nitrogens with one attached hydrogen (secondary N) is 1. The molecular weight excluding hydrogens is 510 g/mol. The van der Waals surface area contributed by atoms with E-state index >= 15 is 0 Å². The van der Waals surface area contributed by atoms with E-state index in [0.717, 1.165) is 27.9 Å². The molecule has 11 heteroatoms. The van der Waals surface area contributed by atoms with Gasteiger partial charge < -0.3 is 19.5 Å². The van der Waals surface area contributed by atoms with Crippen LogP contribution in [0.15, 0.2) is 48.0 Å². The number of rotatable bonds is 10. The van der Waals surface area contributed by atoms with Gasteiger partial charge in [0.1, 0.15) is 23.3 Å². The lowest BCUT2D eigenvalue weighted by molar-refractivity contribution is -0.385. The van der Waals surface area contributed by atoms with Gasteiger partial charge in [-0.1, -0.05) is 30.3 Å². The molecule has 0 saturated carbocycles. The van der Waals surface area contributed by atoms with Gasteiger partial charge in [0.25, 0.3) is 11.6 Å². The molecule has 1 aromatic heterocycles. The van der Waals surface area contributed by atoms with Crippen LogP contribution < -0.4 is 14.8 Å². The van der Waals surface area contributed by atoms with Crippen LogP contribution in [0.4, 0.5) is 10.7 Å². The van der Waals surface area contributed by atoms with Crippen molar-refractivity contribution in [2.24, 2.45) is 0 Å². The van der Waals surface area contributed by atoms with Crippen molar-refractivity contribution in [3.8, 4) is 17.6 Å². The van der Waals surface area contributed by atoms with E-state index in [2.05, 4.69) is 5.32 Å². The zero-order valence-electron chi connectivity index (χ0n) is 21.2. The second kappa shape index (κ2) is 12.5. The Morgan fingerprint density at radius 2 is 1.89 bits per heavy atom. The molecule has 0 aliphatic rings. The number of carbonyl (C=O) groups is 2. The van der Waals surface area contributed by atoms with Gasteiger partial charge in [-0.3, -0.25) is 14.9 Å². The first kappa shape index (κ1) is 27.9. The summed E-state index contributed by atoms with van der Waals surface area (Å²) in [5, 5.41) is 24.3. The van der Waals surface area contributed by atoms with Gasteiger partial charge in [-0.15, -0.1) is 11.3 Å². The molecule has 3 rings (SSSR count). The average molecular weight is 536 g/mol. The Labute approximate surface area is 223 Å². The molecule has 1 amide bonds. The summed E-state index contributed by atoms with van der Waals surface area (Å²) in [6.07, 6.45) is 1.09. The minimum absolute atomic E-state index is 0.0326. The highest BCUT2D eigenvalue weighted by atomic mass is 32.1. The fourth-order valence-electron chi connectivity index (χ4n) is 3.48. The molecule has 2 aromatic carbocycles. The van der Waals surface area contributed by atoms with E-state index in [9.17, 15) is 25.0 Å². The molecule has 0 saturated heterocycles. The van der Waals surface area contributed by atoms with Crippen molar-refractivity contribution in [3.05, 3.63) is 85.3 Å². The molecule has 10 nitrogen and oxygen atoms in total. The summed E-state index contributed by atoms with van der Waals surface area (Å²) in [5.41, 5.74) is 0.877. The van der Waals surface area contributed by atoms with Gasteiger partial charge in [0.2, 0.25) is 0 Å². The molecule has 0 aliphatic heterocycles. The number of nitrogens with zero attached hydrogens (tertiary/aromatic N) is 2. The van der Waals surface area contributed by atoms with Crippen LogP contribution in [0.3, 0.4) is 0 Å². The van der Waals surface area contributed by atoms with Crippen LogP contribution in [0.5, 0.6) is 11.5 Å². The Balaban J connectivity index is 1.95. The van der Waals surface area contributed by atoms with Gasteiger partial charge >= 0.3 is 5.97 Å². The number of anilines is 1. The molecular formula is C27H25N3O7S. The fourth-order valence-corrected chi connectivity index (χ4v) is 4.53. The predicted octanol–water partition coefficient (Wildman–Crippen LogP) is 5.58. The molecule has 1 N–H and O–H groups in total. The Bertz CT molecular complexity index is 1440. The number of nitro benzene ring substituents is 1. The maximum absolute atomic E-state index is 13.0. The second-order valence-electron chi connectivity index (χ2n) is 7.93. The smallest absolute Gasteiger partial charge is 0.341 e. The van der Waals surface area contributed by atoms with Crippen LogP contribution in [0.25, 0.3) is 6.08 Å². The Kier molecular flexibility index (Phi) is 9.18. The summed E-state index contributed by atoms with van der Waals surface area (Å²) < 4.78 is 16.2. The largest absolute Gasteiger partial charge is 0.493 e. The van der Waals surface area contributed by atoms with Crippen molar-refractivity contribution in [1.82, 2.24) is 0 Å². The number of aryl methyl sites for hydroxylation is 1. The number of ether oxygens (including phenoxy) is 3. The molecule has 3 aromatic rings. The van der Waals surface area contributed by atoms with E-state index in [4.69, 9.17) is 14.2 Å². The molecule has 1 heterocycles. The van der Waals surface area contributed by atoms with Crippen molar-refractivity contribution < 1.29 is 28.7 Å². The number of methoxy groups -OCH3 is 1. The molecule has 0 fully saturated rings. The van der Waals surface area contributed by atoms with Crippen LogP contribution in [0.2, 0.25) is 0 Å². The molecule has 0 spiro atoms. The molecule has 38 heavy (non-hydrogen) atoms. The Morgan fingerprint density at radius 1 is 1.18 bits per heavy atom. The van der Waals surface area contributed by atoms with Crippen LogP contribution in [-0.2, 0) is 16.1 Å². The highest BCUT2D eigenvalue weighted by molar-refractivity contribution is 7.16. The fraction of sp³-hybridized carbons (Fsp3) is 0.222. The lowest BCUT2D eigenvalue weighted by Gasteiger charge is -2.12. The standard InChI is InChI=1S/C27H25N3O7S/c1-5-36-27(32)24-16(2)17(3)38-26(24)29-25(31)20(14-28)11-19-12-22(35-4)23(13-21(19)30(33)34)37-15-18-9-7-6-8-10-18/h6-13H,5,15H2,1-4H3,(H,29,31). The Morgan fingerprint density at radius 3 is 2.50 bits per heavy atom. The zero-order chi connectivity index (χ0) is 27.8. The number of hydrogen-bond donors (Lipinski definition) is 1. The second-order valence-corrected chi connectivity index (χ2v) is 9.15. The van der Waals surface area contributed by atoms with Crippen LogP contribution >= 0.6 is 11.3 Å². The Hall–Kier alpha value is -4.69. The van der Waals surface area contributed by atoms with Gasteiger partial charge in [-0.2, -0.15) is 5.26 Å². The number of nitriles is 1. The van der Waals surface area contributed by atoms with E-state index in [1.165, 1.54) is 19.2 Å². The van der Waals surface area contributed by atoms with Crippen LogP contribution in [0, 0.1) is 35.3 Å². The van der Waals surface area contributed by atoms with Crippen LogP contribution in [-0.4, -0.2) is 30.5 Å². The summed E-state index contributed by atoms with van der Waals surface area (Å²) in [5.74, 6) is -1.12. The summed E-state index contributed by atoms with van der Waals surface area (Å²) in [6.45, 7) is 5.49. The maximum Gasteiger partial charge on any atom is 0.341 e. The minimum Gasteiger partial charge on any atom is -0.493 e. The number of carbonyl (C=O) groups excluding carboxylic acids is 2. The lowest BCUT2D eigenvalue weighted by Crippen LogP contribution is -2.16. The highest BCUT2D eigenvalue weighted by Crippen LogP contribution is 2.37. The van der Waals surface area contributed by atoms with Gasteiger partial charge in [-0.25, -0.2) is 4.79 Å². The van der Waals surface area contributed by atoms with Crippen molar-refractivity contribution in [2.75, 3.05) is 19.0 Å². The molecule has 0 aliphatic carbocycles. The van der Waals surface area contributed by atoms with Gasteiger partial charge in [0.05, 0.1) is 35.8 Å². The maximum atomic E-state index is 13.0. The first-order valence-corrected chi connectivity index (χ1v) is 12.2. The number of amides is 1. The van der Waals surface area contributed by atoms with E-state index < -0.39 is 22.4 Å². The summed E-state index contributed by atoms with van der Waals surface area (Å²) in [7, 11) is 1.38. The number of esters is 1. The molecule has 0 bridgehead atoms. The summed E-state index contributed by atoms with van der Waals surface area (Å²) in [4.78, 5) is 37.4. The van der Waals surface area contributed by atoms with Crippen molar-refractivity contribution in [2.45, 2.75) is 27.4 Å². The van der Waals surface area contributed by atoms with Crippen molar-refractivity contribution in [3.63, 3.8) is 0 Å². The van der Waals surface area contributed by atoms with Gasteiger partial charge in [0.15, 0.2) is 11.5 Å². The number of hydrogen-bond acceptors (Lipinski definition) is 9. The number of nitro groups is 1. The topological polar surface area (TPSA) is 141 Å². The highest BCUT2D eigenvalue weighted by Gasteiger charge is 2.25. The van der Waals surface area contributed by atoms with Crippen LogP contribution in [0.1, 0.15) is 38.8 Å². The molecule has 0 radical (unpaired) electrons. The van der Waals surface area contributed by atoms with Gasteiger partial charge in [-0.05, 0) is 44.0 Å². The SMILES string of the molecule is CCOC(=O)c1c(NC(=O)C(C#N)=Cc2cc(OC)c(OCc3ccccc3)cc2[N+](=O)[O-])sc(C)c1C. The summed E-state index contributed by atoms with van der Waals surface area (Å²) >= 11 is 1.16. The third kappa shape index (κ3) is 6.35. The average Bonchev–Trinajstić information content (AvgIpc) is 3.18. The first-order valence-electron chi connectivity index (χ1n) is 11.4. The normalized spacial score (nSPS) is 10.9. The zero-order valence-corrected chi connectivity index (χ0v) is 22.0. The van der Waals surface area contributed by atoms with Crippen molar-refractivity contribution in [1.29, 1.82) is 5.26 Å². The third-order valence-corrected chi connectivity index (χ3v) is 6.63. The van der Waals surface area contributed by atoms with E-state index in [1.807, 2.05) is 30.3 Å². The molecule has 0 unspecified atom stereocenters. The van der Waals surface area contributed by atoms with Crippen molar-refractivity contribution >= 4 is 40.0 Å². The molecule has 196 valence electrons. The summed E-state index contributed by atoms with van der Waals surface area (Å²) in [6, 6.07) is 13.5. The minimum atomic E-state index is -0.836. The third-order valence-electron chi connectivity index (χ3n) is 5.50. The lowest BCUT2D eigenvalue weighted by atomic mass is 10.1. The van der Waals surface area contributed by atoms with E-state index in [-0.39, 0.29) is 46.5 Å². The molecule has 0 atom stereocenters. The first-order chi connectivity index (χ1) is 18.2. The predicted molar refractivity (Wildman–Crippen MR) is 142 cm³/mol. The number of benzene rings is 2.